The van der Waals surface area contributed by atoms with Crippen molar-refractivity contribution in [3.63, 3.8) is 0 Å². The SMILES string of the molecule is COc1cc2c(CCCN)cn(CCCN)c2cc1OC. The second-order valence-corrected chi connectivity index (χ2v) is 5.11. The van der Waals surface area contributed by atoms with E-state index in [1.807, 2.05) is 6.07 Å². The van der Waals surface area contributed by atoms with Crippen LogP contribution in [0, 0.1) is 0 Å². The molecule has 0 aliphatic rings. The first-order valence-electron chi connectivity index (χ1n) is 7.39. The Morgan fingerprint density at radius 3 is 2.29 bits per heavy atom. The second-order valence-electron chi connectivity index (χ2n) is 5.11. The van der Waals surface area contributed by atoms with Gasteiger partial charge in [-0.25, -0.2) is 0 Å². The highest BCUT2D eigenvalue weighted by Crippen LogP contribution is 2.35. The first kappa shape index (κ1) is 15.7. The maximum atomic E-state index is 5.64. The Balaban J connectivity index is 2.51. The molecule has 5 nitrogen and oxygen atoms in total. The molecule has 116 valence electrons. The first-order valence-corrected chi connectivity index (χ1v) is 7.39. The summed E-state index contributed by atoms with van der Waals surface area (Å²) in [5, 5.41) is 1.21. The predicted molar refractivity (Wildman–Crippen MR) is 86.1 cm³/mol. The van der Waals surface area contributed by atoms with Gasteiger partial charge in [0.25, 0.3) is 0 Å². The number of methoxy groups -OCH3 is 2. The minimum atomic E-state index is 0.686. The van der Waals surface area contributed by atoms with Crippen molar-refractivity contribution in [3.05, 3.63) is 23.9 Å². The Hall–Kier alpha value is -1.72. The number of nitrogens with two attached hydrogens (primary N) is 2. The summed E-state index contributed by atoms with van der Waals surface area (Å²) >= 11 is 0. The zero-order valence-electron chi connectivity index (χ0n) is 12.9. The summed E-state index contributed by atoms with van der Waals surface area (Å²) in [7, 11) is 3.32. The van der Waals surface area contributed by atoms with Crippen LogP contribution in [-0.4, -0.2) is 31.9 Å². The number of benzene rings is 1. The molecule has 2 aromatic rings. The fourth-order valence-electron chi connectivity index (χ4n) is 2.63. The van der Waals surface area contributed by atoms with Gasteiger partial charge in [0.2, 0.25) is 0 Å². The van der Waals surface area contributed by atoms with E-state index in [1.165, 1.54) is 10.9 Å². The summed E-state index contributed by atoms with van der Waals surface area (Å²) in [6.07, 6.45) is 5.10. The molecule has 0 spiro atoms. The normalized spacial score (nSPS) is 11.0. The third kappa shape index (κ3) is 3.31. The molecule has 1 aromatic heterocycles. The van der Waals surface area contributed by atoms with Crippen molar-refractivity contribution in [3.8, 4) is 11.5 Å². The Morgan fingerprint density at radius 1 is 1.00 bits per heavy atom. The van der Waals surface area contributed by atoms with Crippen LogP contribution in [0.3, 0.4) is 0 Å². The molecule has 0 saturated heterocycles. The van der Waals surface area contributed by atoms with E-state index in [0.717, 1.165) is 42.8 Å². The number of aromatic nitrogens is 1. The maximum absolute atomic E-state index is 5.64. The molecule has 0 fully saturated rings. The smallest absolute Gasteiger partial charge is 0.162 e. The molecule has 0 aliphatic carbocycles. The van der Waals surface area contributed by atoms with Crippen LogP contribution in [0.2, 0.25) is 0 Å². The molecule has 4 N–H and O–H groups in total. The number of fused-ring (bicyclic) bond motifs is 1. The van der Waals surface area contributed by atoms with Crippen molar-refractivity contribution in [1.82, 2.24) is 4.57 Å². The van der Waals surface area contributed by atoms with Crippen LogP contribution in [0.4, 0.5) is 0 Å². The summed E-state index contributed by atoms with van der Waals surface area (Å²) in [5.41, 5.74) is 13.7. The van der Waals surface area contributed by atoms with Crippen molar-refractivity contribution in [2.45, 2.75) is 25.8 Å². The van der Waals surface area contributed by atoms with Gasteiger partial charge < -0.3 is 25.5 Å². The maximum Gasteiger partial charge on any atom is 0.162 e. The molecule has 1 heterocycles. The highest BCUT2D eigenvalue weighted by molar-refractivity contribution is 5.87. The van der Waals surface area contributed by atoms with Gasteiger partial charge >= 0.3 is 0 Å². The van der Waals surface area contributed by atoms with Crippen LogP contribution in [0.25, 0.3) is 10.9 Å². The van der Waals surface area contributed by atoms with E-state index in [1.54, 1.807) is 14.2 Å². The average molecular weight is 291 g/mol. The van der Waals surface area contributed by atoms with Gasteiger partial charge in [-0.15, -0.1) is 0 Å². The van der Waals surface area contributed by atoms with Crippen molar-refractivity contribution >= 4 is 10.9 Å². The van der Waals surface area contributed by atoms with Gasteiger partial charge in [-0.2, -0.15) is 0 Å². The number of hydrogen-bond donors (Lipinski definition) is 2. The lowest BCUT2D eigenvalue weighted by Crippen LogP contribution is -2.05. The minimum absolute atomic E-state index is 0.686. The van der Waals surface area contributed by atoms with Gasteiger partial charge in [0.05, 0.1) is 19.7 Å². The number of rotatable bonds is 8. The van der Waals surface area contributed by atoms with E-state index in [9.17, 15) is 0 Å². The van der Waals surface area contributed by atoms with E-state index in [2.05, 4.69) is 16.8 Å². The van der Waals surface area contributed by atoms with Crippen LogP contribution in [-0.2, 0) is 13.0 Å². The summed E-state index contributed by atoms with van der Waals surface area (Å²) in [6, 6.07) is 4.09. The van der Waals surface area contributed by atoms with E-state index in [0.29, 0.717) is 13.1 Å². The highest BCUT2D eigenvalue weighted by Gasteiger charge is 2.13. The van der Waals surface area contributed by atoms with Crippen LogP contribution >= 0.6 is 0 Å². The van der Waals surface area contributed by atoms with Gasteiger partial charge in [-0.3, -0.25) is 0 Å². The van der Waals surface area contributed by atoms with Crippen LogP contribution in [0.5, 0.6) is 11.5 Å². The molecule has 21 heavy (non-hydrogen) atoms. The van der Waals surface area contributed by atoms with Crippen LogP contribution in [0.15, 0.2) is 18.3 Å². The molecule has 2 rings (SSSR count). The summed E-state index contributed by atoms with van der Waals surface area (Å²) in [4.78, 5) is 0. The summed E-state index contributed by atoms with van der Waals surface area (Å²) < 4.78 is 13.1. The molecule has 5 heteroatoms. The lowest BCUT2D eigenvalue weighted by molar-refractivity contribution is 0.355. The summed E-state index contributed by atoms with van der Waals surface area (Å²) in [6.45, 7) is 2.29. The number of hydrogen-bond acceptors (Lipinski definition) is 4. The first-order chi connectivity index (χ1) is 10.2. The molecular formula is C16H25N3O2. The molecule has 1 aromatic carbocycles. The second kappa shape index (κ2) is 7.33. The number of ether oxygens (including phenoxy) is 2. The number of aryl methyl sites for hydroxylation is 2. The third-order valence-corrected chi connectivity index (χ3v) is 3.72. The van der Waals surface area contributed by atoms with Crippen molar-refractivity contribution in [2.24, 2.45) is 11.5 Å². The van der Waals surface area contributed by atoms with E-state index in [4.69, 9.17) is 20.9 Å². The Bertz CT molecular complexity index is 543. The Kier molecular flexibility index (Phi) is 5.47. The quantitative estimate of drug-likeness (QED) is 0.779. The molecular weight excluding hydrogens is 266 g/mol. The standard InChI is InChI=1S/C16H25N3O2/c1-20-15-9-13-12(5-3-6-17)11-19(8-4-7-18)14(13)10-16(15)21-2/h9-11H,3-8,17-18H2,1-2H3. The minimum Gasteiger partial charge on any atom is -0.493 e. The van der Waals surface area contributed by atoms with Crippen molar-refractivity contribution < 1.29 is 9.47 Å². The Labute approximate surface area is 125 Å². The highest BCUT2D eigenvalue weighted by atomic mass is 16.5. The average Bonchev–Trinajstić information content (AvgIpc) is 2.86. The van der Waals surface area contributed by atoms with Gasteiger partial charge in [-0.05, 0) is 44.0 Å². The van der Waals surface area contributed by atoms with Gasteiger partial charge in [0.1, 0.15) is 0 Å². The molecule has 0 radical (unpaired) electrons. The van der Waals surface area contributed by atoms with E-state index < -0.39 is 0 Å². The Morgan fingerprint density at radius 2 is 1.67 bits per heavy atom. The molecule has 0 aliphatic heterocycles. The van der Waals surface area contributed by atoms with Crippen molar-refractivity contribution in [1.29, 1.82) is 0 Å². The summed E-state index contributed by atoms with van der Waals surface area (Å²) in [5.74, 6) is 1.51. The fraction of sp³-hybridized carbons (Fsp3) is 0.500. The topological polar surface area (TPSA) is 75.4 Å². The fourth-order valence-corrected chi connectivity index (χ4v) is 2.63. The van der Waals surface area contributed by atoms with Gasteiger partial charge in [0, 0.05) is 24.2 Å². The molecule has 0 bridgehead atoms. The monoisotopic (exact) mass is 291 g/mol. The lowest BCUT2D eigenvalue weighted by atomic mass is 10.1. The van der Waals surface area contributed by atoms with Crippen LogP contribution < -0.4 is 20.9 Å². The zero-order valence-corrected chi connectivity index (χ0v) is 12.9. The van der Waals surface area contributed by atoms with E-state index in [-0.39, 0.29) is 0 Å². The lowest BCUT2D eigenvalue weighted by Gasteiger charge is -2.10. The predicted octanol–water partition coefficient (Wildman–Crippen LogP) is 1.90. The molecule has 0 saturated carbocycles. The van der Waals surface area contributed by atoms with Gasteiger partial charge in [-0.1, -0.05) is 0 Å². The molecule has 0 unspecified atom stereocenters. The molecule has 0 amide bonds. The third-order valence-electron chi connectivity index (χ3n) is 3.72. The molecule has 0 atom stereocenters. The van der Waals surface area contributed by atoms with Crippen molar-refractivity contribution in [2.75, 3.05) is 27.3 Å². The largest absolute Gasteiger partial charge is 0.493 e. The van der Waals surface area contributed by atoms with Gasteiger partial charge in [0.15, 0.2) is 11.5 Å². The van der Waals surface area contributed by atoms with Crippen LogP contribution in [0.1, 0.15) is 18.4 Å². The van der Waals surface area contributed by atoms with E-state index >= 15 is 0 Å². The zero-order chi connectivity index (χ0) is 15.2. The number of nitrogens with zero attached hydrogens (tertiary/aromatic N) is 1.